The predicted molar refractivity (Wildman–Crippen MR) is 55.9 cm³/mol. The number of nitrogens with zero attached hydrogens (tertiary/aromatic N) is 2. The summed E-state index contributed by atoms with van der Waals surface area (Å²) >= 11 is 0. The van der Waals surface area contributed by atoms with Crippen molar-refractivity contribution in [2.75, 3.05) is 23.7 Å². The molecule has 0 saturated carbocycles. The van der Waals surface area contributed by atoms with Gasteiger partial charge in [-0.05, 0) is 20.3 Å². The van der Waals surface area contributed by atoms with Gasteiger partial charge in [-0.15, -0.1) is 0 Å². The predicted octanol–water partition coefficient (Wildman–Crippen LogP) is 1.54. The van der Waals surface area contributed by atoms with E-state index in [1.54, 1.807) is 0 Å². The molecule has 1 aromatic heterocycles. The molecule has 1 aromatic rings. The van der Waals surface area contributed by atoms with Crippen molar-refractivity contribution in [2.24, 2.45) is 0 Å². The van der Waals surface area contributed by atoms with E-state index < -0.39 is 0 Å². The fraction of sp³-hybridized carbons (Fsp3) is 0.667. The number of rotatable bonds is 4. The third-order valence-electron chi connectivity index (χ3n) is 2.00. The topological polar surface area (TPSA) is 57.9 Å². The normalized spacial score (nSPS) is 10.4. The Morgan fingerprint density at radius 1 is 1.46 bits per heavy atom. The maximum atomic E-state index is 5.79. The minimum absolute atomic E-state index is 0.674. The Balaban J connectivity index is 2.83. The average molecular weight is 182 g/mol. The van der Waals surface area contributed by atoms with Crippen LogP contribution in [-0.2, 0) is 0 Å². The van der Waals surface area contributed by atoms with Gasteiger partial charge in [-0.2, -0.15) is 0 Å². The van der Waals surface area contributed by atoms with E-state index in [2.05, 4.69) is 28.7 Å². The number of nitrogen functional groups attached to an aromatic ring is 1. The molecule has 0 atom stereocenters. The molecule has 0 spiro atoms. The van der Waals surface area contributed by atoms with Crippen molar-refractivity contribution < 1.29 is 0 Å². The summed E-state index contributed by atoms with van der Waals surface area (Å²) in [4.78, 5) is 9.53. The third kappa shape index (κ3) is 2.14. The first-order valence-electron chi connectivity index (χ1n) is 4.76. The van der Waals surface area contributed by atoms with Gasteiger partial charge in [0.05, 0.1) is 0 Å². The van der Waals surface area contributed by atoms with Crippen molar-refractivity contribution in [3.8, 4) is 0 Å². The summed E-state index contributed by atoms with van der Waals surface area (Å²) in [6, 6.07) is 0. The Bertz CT molecular complexity index is 267. The zero-order valence-corrected chi connectivity index (χ0v) is 8.59. The van der Waals surface area contributed by atoms with Crippen LogP contribution in [0.15, 0.2) is 0 Å². The molecule has 0 amide bonds. The molecule has 0 unspecified atom stereocenters. The molecule has 0 bridgehead atoms. The minimum atomic E-state index is 0.674. The van der Waals surface area contributed by atoms with Crippen molar-refractivity contribution in [1.82, 2.24) is 9.97 Å². The van der Waals surface area contributed by atoms with Gasteiger partial charge in [0, 0.05) is 13.1 Å². The highest BCUT2D eigenvalue weighted by Crippen LogP contribution is 2.19. The first-order chi connectivity index (χ1) is 6.19. The van der Waals surface area contributed by atoms with E-state index in [4.69, 9.17) is 5.73 Å². The molecular formula is C9H18N4. The lowest BCUT2D eigenvalue weighted by atomic mass is 10.4. The van der Waals surface area contributed by atoms with Crippen molar-refractivity contribution in [1.29, 1.82) is 0 Å². The molecule has 0 fully saturated rings. The minimum Gasteiger partial charge on any atom is -0.382 e. The third-order valence-corrected chi connectivity index (χ3v) is 2.00. The van der Waals surface area contributed by atoms with E-state index in [9.17, 15) is 0 Å². The van der Waals surface area contributed by atoms with Gasteiger partial charge < -0.3 is 15.6 Å². The van der Waals surface area contributed by atoms with Gasteiger partial charge in [-0.1, -0.05) is 6.92 Å². The molecular weight excluding hydrogens is 164 g/mol. The van der Waals surface area contributed by atoms with Crippen molar-refractivity contribution >= 4 is 11.6 Å². The van der Waals surface area contributed by atoms with Crippen molar-refractivity contribution in [3.05, 3.63) is 5.82 Å². The van der Waals surface area contributed by atoms with Crippen LogP contribution in [0.1, 0.15) is 26.1 Å². The Morgan fingerprint density at radius 3 is 2.54 bits per heavy atom. The number of anilines is 2. The molecule has 74 valence electrons. The smallest absolute Gasteiger partial charge is 0.171 e. The van der Waals surface area contributed by atoms with Gasteiger partial charge in [0.15, 0.2) is 5.82 Å². The second kappa shape index (κ2) is 4.16. The molecule has 0 aliphatic heterocycles. The van der Waals surface area contributed by atoms with Crippen LogP contribution >= 0.6 is 0 Å². The molecule has 4 nitrogen and oxygen atoms in total. The van der Waals surface area contributed by atoms with Gasteiger partial charge in [0.25, 0.3) is 0 Å². The van der Waals surface area contributed by atoms with Crippen LogP contribution in [0.3, 0.4) is 0 Å². The molecule has 1 rings (SSSR count). The maximum Gasteiger partial charge on any atom is 0.171 e. The summed E-state index contributed by atoms with van der Waals surface area (Å²) in [7, 11) is 0. The number of aromatic amines is 1. The van der Waals surface area contributed by atoms with Crippen LogP contribution in [-0.4, -0.2) is 23.1 Å². The number of imidazole rings is 1. The second-order valence-corrected chi connectivity index (χ2v) is 3.14. The Labute approximate surface area is 79.1 Å². The van der Waals surface area contributed by atoms with Gasteiger partial charge in [-0.3, -0.25) is 0 Å². The molecule has 3 N–H and O–H groups in total. The van der Waals surface area contributed by atoms with Crippen LogP contribution in [0.4, 0.5) is 11.6 Å². The Kier molecular flexibility index (Phi) is 3.17. The highest BCUT2D eigenvalue weighted by atomic mass is 15.2. The lowest BCUT2D eigenvalue weighted by Crippen LogP contribution is -2.24. The van der Waals surface area contributed by atoms with Gasteiger partial charge >= 0.3 is 0 Å². The zero-order valence-electron chi connectivity index (χ0n) is 8.59. The number of aryl methyl sites for hydroxylation is 1. The molecule has 0 saturated heterocycles. The molecule has 0 aliphatic carbocycles. The monoisotopic (exact) mass is 182 g/mol. The summed E-state index contributed by atoms with van der Waals surface area (Å²) < 4.78 is 0. The molecule has 0 aliphatic rings. The maximum absolute atomic E-state index is 5.79. The molecule has 1 heterocycles. The molecule has 4 heteroatoms. The Hall–Kier alpha value is -1.19. The van der Waals surface area contributed by atoms with Crippen molar-refractivity contribution in [3.63, 3.8) is 0 Å². The summed E-state index contributed by atoms with van der Waals surface area (Å²) in [6.45, 7) is 8.13. The highest BCUT2D eigenvalue weighted by molar-refractivity contribution is 5.58. The van der Waals surface area contributed by atoms with Crippen LogP contribution < -0.4 is 10.6 Å². The van der Waals surface area contributed by atoms with Crippen LogP contribution in [0.25, 0.3) is 0 Å². The standard InChI is InChI=1S/C9H18N4/c1-4-6-13(5-2)9-8(10)11-7(3)12-9/h4-6,10H2,1-3H3,(H,11,12). The van der Waals surface area contributed by atoms with E-state index >= 15 is 0 Å². The number of nitrogens with one attached hydrogen (secondary N) is 1. The van der Waals surface area contributed by atoms with E-state index in [1.165, 1.54) is 0 Å². The van der Waals surface area contributed by atoms with E-state index in [0.717, 1.165) is 31.2 Å². The fourth-order valence-electron chi connectivity index (χ4n) is 1.42. The van der Waals surface area contributed by atoms with E-state index in [-0.39, 0.29) is 0 Å². The van der Waals surface area contributed by atoms with Crippen LogP contribution in [0.2, 0.25) is 0 Å². The molecule has 13 heavy (non-hydrogen) atoms. The SMILES string of the molecule is CCCN(CC)c1nc(C)[nH]c1N. The van der Waals surface area contributed by atoms with E-state index in [0.29, 0.717) is 5.82 Å². The van der Waals surface area contributed by atoms with Crippen LogP contribution in [0.5, 0.6) is 0 Å². The van der Waals surface area contributed by atoms with Crippen LogP contribution in [0, 0.1) is 6.92 Å². The summed E-state index contributed by atoms with van der Waals surface area (Å²) in [6.07, 6.45) is 1.11. The zero-order chi connectivity index (χ0) is 9.84. The molecule has 0 radical (unpaired) electrons. The number of nitrogens with two attached hydrogens (primary N) is 1. The molecule has 0 aromatic carbocycles. The lowest BCUT2D eigenvalue weighted by molar-refractivity contribution is 0.781. The van der Waals surface area contributed by atoms with Gasteiger partial charge in [0.1, 0.15) is 11.6 Å². The Morgan fingerprint density at radius 2 is 2.15 bits per heavy atom. The van der Waals surface area contributed by atoms with Gasteiger partial charge in [-0.25, -0.2) is 4.98 Å². The number of aromatic nitrogens is 2. The quantitative estimate of drug-likeness (QED) is 0.742. The average Bonchev–Trinajstić information content (AvgIpc) is 2.41. The summed E-state index contributed by atoms with van der Waals surface area (Å²) in [5.41, 5.74) is 5.79. The first kappa shape index (κ1) is 9.89. The largest absolute Gasteiger partial charge is 0.382 e. The second-order valence-electron chi connectivity index (χ2n) is 3.14. The number of hydrogen-bond acceptors (Lipinski definition) is 3. The summed E-state index contributed by atoms with van der Waals surface area (Å²) in [5, 5.41) is 0. The lowest BCUT2D eigenvalue weighted by Gasteiger charge is -2.19. The highest BCUT2D eigenvalue weighted by Gasteiger charge is 2.10. The van der Waals surface area contributed by atoms with Crippen molar-refractivity contribution in [2.45, 2.75) is 27.2 Å². The summed E-state index contributed by atoms with van der Waals surface area (Å²) in [5.74, 6) is 2.44. The van der Waals surface area contributed by atoms with E-state index in [1.807, 2.05) is 6.92 Å². The number of hydrogen-bond donors (Lipinski definition) is 2. The first-order valence-corrected chi connectivity index (χ1v) is 4.76. The number of H-pyrrole nitrogens is 1. The van der Waals surface area contributed by atoms with Gasteiger partial charge in [0.2, 0.25) is 0 Å². The fourth-order valence-corrected chi connectivity index (χ4v) is 1.42.